The Labute approximate surface area is 107 Å². The minimum absolute atomic E-state index is 0.824. The Morgan fingerprint density at radius 3 is 2.71 bits per heavy atom. The van der Waals surface area contributed by atoms with Crippen LogP contribution in [0.3, 0.4) is 0 Å². The second-order valence-corrected chi connectivity index (χ2v) is 6.33. The van der Waals surface area contributed by atoms with Gasteiger partial charge in [-0.2, -0.15) is 0 Å². The molecule has 3 atom stereocenters. The molecule has 100 valence electrons. The van der Waals surface area contributed by atoms with E-state index in [9.17, 15) is 0 Å². The lowest BCUT2D eigenvalue weighted by molar-refractivity contribution is 0.135. The van der Waals surface area contributed by atoms with Crippen molar-refractivity contribution in [2.45, 2.75) is 58.4 Å². The normalized spacial score (nSPS) is 36.0. The van der Waals surface area contributed by atoms with E-state index >= 15 is 0 Å². The molecule has 2 rings (SSSR count). The molecule has 0 spiro atoms. The largest absolute Gasteiger partial charge is 0.314 e. The van der Waals surface area contributed by atoms with E-state index in [4.69, 9.17) is 0 Å². The first kappa shape index (κ1) is 13.4. The second kappa shape index (κ2) is 6.75. The number of rotatable bonds is 4. The molecular formula is C15H30N2. The first-order valence-corrected chi connectivity index (χ1v) is 7.71. The number of hydrogen-bond donors (Lipinski definition) is 1. The minimum atomic E-state index is 0.824. The van der Waals surface area contributed by atoms with Crippen LogP contribution in [0.1, 0.15) is 52.4 Å². The lowest BCUT2D eigenvalue weighted by Crippen LogP contribution is -2.40. The highest BCUT2D eigenvalue weighted by Gasteiger charge is 2.22. The van der Waals surface area contributed by atoms with Crippen LogP contribution in [-0.2, 0) is 0 Å². The molecule has 0 aromatic rings. The van der Waals surface area contributed by atoms with Crippen LogP contribution in [0.2, 0.25) is 0 Å². The molecule has 1 N–H and O–H groups in total. The summed E-state index contributed by atoms with van der Waals surface area (Å²) in [6, 6.07) is 0.824. The van der Waals surface area contributed by atoms with E-state index in [0.29, 0.717) is 0 Å². The highest BCUT2D eigenvalue weighted by Crippen LogP contribution is 2.22. The second-order valence-electron chi connectivity index (χ2n) is 6.33. The minimum Gasteiger partial charge on any atom is -0.314 e. The van der Waals surface area contributed by atoms with E-state index in [2.05, 4.69) is 24.1 Å². The molecule has 3 unspecified atom stereocenters. The van der Waals surface area contributed by atoms with Gasteiger partial charge in [-0.25, -0.2) is 0 Å². The Kier molecular flexibility index (Phi) is 5.30. The molecule has 2 heterocycles. The molecule has 2 heteroatoms. The molecule has 2 nitrogen and oxygen atoms in total. The predicted molar refractivity (Wildman–Crippen MR) is 74.3 cm³/mol. The number of nitrogens with zero attached hydrogens (tertiary/aromatic N) is 1. The van der Waals surface area contributed by atoms with Crippen molar-refractivity contribution >= 4 is 0 Å². The van der Waals surface area contributed by atoms with Gasteiger partial charge in [0.2, 0.25) is 0 Å². The summed E-state index contributed by atoms with van der Waals surface area (Å²) in [6.45, 7) is 10.1. The van der Waals surface area contributed by atoms with Crippen LogP contribution in [0.15, 0.2) is 0 Å². The molecule has 0 saturated carbocycles. The van der Waals surface area contributed by atoms with Gasteiger partial charge in [-0.3, -0.25) is 0 Å². The van der Waals surface area contributed by atoms with E-state index in [1.165, 1.54) is 64.7 Å². The van der Waals surface area contributed by atoms with Crippen LogP contribution >= 0.6 is 0 Å². The molecule has 2 saturated heterocycles. The third kappa shape index (κ3) is 4.26. The van der Waals surface area contributed by atoms with Crippen molar-refractivity contribution in [1.82, 2.24) is 10.2 Å². The molecule has 0 aliphatic carbocycles. The van der Waals surface area contributed by atoms with Gasteiger partial charge in [0.1, 0.15) is 0 Å². The van der Waals surface area contributed by atoms with Gasteiger partial charge in [0.15, 0.2) is 0 Å². The van der Waals surface area contributed by atoms with Crippen molar-refractivity contribution in [3.8, 4) is 0 Å². The van der Waals surface area contributed by atoms with Gasteiger partial charge >= 0.3 is 0 Å². The molecule has 17 heavy (non-hydrogen) atoms. The van der Waals surface area contributed by atoms with Crippen molar-refractivity contribution < 1.29 is 0 Å². The van der Waals surface area contributed by atoms with E-state index < -0.39 is 0 Å². The maximum Gasteiger partial charge on any atom is 0.00675 e. The average molecular weight is 238 g/mol. The van der Waals surface area contributed by atoms with Crippen LogP contribution in [-0.4, -0.2) is 37.1 Å². The molecular weight excluding hydrogens is 208 g/mol. The van der Waals surface area contributed by atoms with Gasteiger partial charge in [-0.05, 0) is 63.6 Å². The first-order chi connectivity index (χ1) is 8.25. The van der Waals surface area contributed by atoms with Crippen molar-refractivity contribution in [1.29, 1.82) is 0 Å². The van der Waals surface area contributed by atoms with Crippen LogP contribution < -0.4 is 5.32 Å². The Morgan fingerprint density at radius 2 is 2.00 bits per heavy atom. The summed E-state index contributed by atoms with van der Waals surface area (Å²) in [5.74, 6) is 1.84. The van der Waals surface area contributed by atoms with Crippen LogP contribution in [0, 0.1) is 11.8 Å². The van der Waals surface area contributed by atoms with Gasteiger partial charge in [-0.15, -0.1) is 0 Å². The van der Waals surface area contributed by atoms with E-state index in [-0.39, 0.29) is 0 Å². The van der Waals surface area contributed by atoms with E-state index in [1.54, 1.807) is 0 Å². The SMILES string of the molecule is CC1CCN(CCCC2CCCCN2)CC1C. The zero-order valence-electron chi connectivity index (χ0n) is 11.8. The fourth-order valence-corrected chi connectivity index (χ4v) is 3.28. The Bertz CT molecular complexity index is 211. The third-order valence-corrected chi connectivity index (χ3v) is 4.86. The number of likely N-dealkylation sites (tertiary alicyclic amines) is 1. The topological polar surface area (TPSA) is 15.3 Å². The fraction of sp³-hybridized carbons (Fsp3) is 1.00. The Hall–Kier alpha value is -0.0800. The maximum absolute atomic E-state index is 3.65. The van der Waals surface area contributed by atoms with Crippen molar-refractivity contribution in [3.63, 3.8) is 0 Å². The number of nitrogens with one attached hydrogen (secondary N) is 1. The smallest absolute Gasteiger partial charge is 0.00675 e. The molecule has 2 fully saturated rings. The van der Waals surface area contributed by atoms with Gasteiger partial charge < -0.3 is 10.2 Å². The van der Waals surface area contributed by atoms with Crippen LogP contribution in [0.25, 0.3) is 0 Å². The van der Waals surface area contributed by atoms with Gasteiger partial charge in [-0.1, -0.05) is 20.3 Å². The highest BCUT2D eigenvalue weighted by atomic mass is 15.1. The highest BCUT2D eigenvalue weighted by molar-refractivity contribution is 4.77. The van der Waals surface area contributed by atoms with Gasteiger partial charge in [0.25, 0.3) is 0 Å². The molecule has 2 aliphatic heterocycles. The summed E-state index contributed by atoms with van der Waals surface area (Å²) in [5, 5.41) is 3.65. The van der Waals surface area contributed by atoms with E-state index in [1.807, 2.05) is 0 Å². The monoisotopic (exact) mass is 238 g/mol. The molecule has 0 aromatic heterocycles. The van der Waals surface area contributed by atoms with Crippen molar-refractivity contribution in [3.05, 3.63) is 0 Å². The Morgan fingerprint density at radius 1 is 1.12 bits per heavy atom. The summed E-state index contributed by atoms with van der Waals surface area (Å²) in [7, 11) is 0. The lowest BCUT2D eigenvalue weighted by Gasteiger charge is -2.35. The lowest BCUT2D eigenvalue weighted by atomic mass is 9.88. The summed E-state index contributed by atoms with van der Waals surface area (Å²) in [4.78, 5) is 2.69. The maximum atomic E-state index is 3.65. The predicted octanol–water partition coefficient (Wildman–Crippen LogP) is 2.89. The molecule has 0 amide bonds. The zero-order chi connectivity index (χ0) is 12.1. The van der Waals surface area contributed by atoms with Crippen molar-refractivity contribution in [2.24, 2.45) is 11.8 Å². The third-order valence-electron chi connectivity index (χ3n) is 4.86. The van der Waals surface area contributed by atoms with E-state index in [0.717, 1.165) is 17.9 Å². The number of piperidine rings is 2. The summed E-state index contributed by atoms with van der Waals surface area (Å²) in [5.41, 5.74) is 0. The quantitative estimate of drug-likeness (QED) is 0.810. The van der Waals surface area contributed by atoms with Gasteiger partial charge in [0, 0.05) is 12.6 Å². The summed E-state index contributed by atoms with van der Waals surface area (Å²) < 4.78 is 0. The fourth-order valence-electron chi connectivity index (χ4n) is 3.28. The van der Waals surface area contributed by atoms with Crippen LogP contribution in [0.4, 0.5) is 0 Å². The summed E-state index contributed by atoms with van der Waals surface area (Å²) >= 11 is 0. The Balaban J connectivity index is 1.58. The average Bonchev–Trinajstić information content (AvgIpc) is 2.35. The number of hydrogen-bond acceptors (Lipinski definition) is 2. The van der Waals surface area contributed by atoms with Crippen LogP contribution in [0.5, 0.6) is 0 Å². The molecule has 0 radical (unpaired) electrons. The molecule has 0 aromatic carbocycles. The van der Waals surface area contributed by atoms with Crippen molar-refractivity contribution in [2.75, 3.05) is 26.2 Å². The molecule has 0 bridgehead atoms. The standard InChI is InChI=1S/C15H30N2/c1-13-8-11-17(12-14(13)2)10-5-7-15-6-3-4-9-16-15/h13-16H,3-12H2,1-2H3. The first-order valence-electron chi connectivity index (χ1n) is 7.71. The summed E-state index contributed by atoms with van der Waals surface area (Å²) in [6.07, 6.45) is 8.42. The zero-order valence-corrected chi connectivity index (χ0v) is 11.8. The van der Waals surface area contributed by atoms with Gasteiger partial charge in [0.05, 0.1) is 0 Å². The molecule has 2 aliphatic rings.